The molecular formula is C23H29N5O5. The highest BCUT2D eigenvalue weighted by molar-refractivity contribution is 6.01. The Balaban J connectivity index is 1.44. The minimum absolute atomic E-state index is 0.122. The van der Waals surface area contributed by atoms with E-state index in [0.717, 1.165) is 12.0 Å². The van der Waals surface area contributed by atoms with Crippen LogP contribution in [0.3, 0.4) is 0 Å². The number of aromatic nitrogens is 2. The van der Waals surface area contributed by atoms with E-state index in [4.69, 9.17) is 9.47 Å². The predicted molar refractivity (Wildman–Crippen MR) is 119 cm³/mol. The lowest BCUT2D eigenvalue weighted by molar-refractivity contribution is -0.132. The van der Waals surface area contributed by atoms with Gasteiger partial charge in [0.15, 0.2) is 17.2 Å². The van der Waals surface area contributed by atoms with Crippen molar-refractivity contribution in [2.75, 3.05) is 20.4 Å². The molecule has 1 aromatic carbocycles. The number of hydrogen-bond acceptors (Lipinski definition) is 6. The zero-order chi connectivity index (χ0) is 23.8. The van der Waals surface area contributed by atoms with Gasteiger partial charge in [0.1, 0.15) is 11.2 Å². The number of carbonyl (C=O) groups is 3. The number of likely N-dealkylation sites (N-methyl/N-ethyl adjacent to an activating group) is 1. The molecule has 176 valence electrons. The van der Waals surface area contributed by atoms with E-state index in [0.29, 0.717) is 24.0 Å². The van der Waals surface area contributed by atoms with Crippen molar-refractivity contribution in [1.82, 2.24) is 25.3 Å². The molecule has 0 fully saturated rings. The molecule has 2 N–H and O–H groups in total. The van der Waals surface area contributed by atoms with Crippen LogP contribution in [0.1, 0.15) is 53.7 Å². The first-order valence-corrected chi connectivity index (χ1v) is 11.0. The van der Waals surface area contributed by atoms with Gasteiger partial charge in [-0.3, -0.25) is 19.1 Å². The molecule has 3 amide bonds. The number of rotatable bonds is 7. The van der Waals surface area contributed by atoms with E-state index in [9.17, 15) is 14.4 Å². The van der Waals surface area contributed by atoms with Gasteiger partial charge in [0.05, 0.1) is 6.54 Å². The molecule has 0 saturated heterocycles. The van der Waals surface area contributed by atoms with Crippen LogP contribution in [0.5, 0.6) is 11.5 Å². The summed E-state index contributed by atoms with van der Waals surface area (Å²) in [5.41, 5.74) is 0.140. The number of nitrogens with one attached hydrogen (secondary N) is 2. The van der Waals surface area contributed by atoms with Crippen molar-refractivity contribution in [3.63, 3.8) is 0 Å². The molecule has 0 aliphatic carbocycles. The van der Waals surface area contributed by atoms with Crippen LogP contribution in [0.15, 0.2) is 24.3 Å². The fourth-order valence-electron chi connectivity index (χ4n) is 3.83. The second-order valence-electron chi connectivity index (χ2n) is 9.02. The average molecular weight is 456 g/mol. The fraction of sp³-hybridized carbons (Fsp3) is 0.478. The third-order valence-electron chi connectivity index (χ3n) is 6.12. The third-order valence-corrected chi connectivity index (χ3v) is 6.12. The first-order valence-electron chi connectivity index (χ1n) is 11.0. The third kappa shape index (κ3) is 4.37. The molecule has 0 radical (unpaired) electrons. The Bertz CT molecular complexity index is 1090. The predicted octanol–water partition coefficient (Wildman–Crippen LogP) is 1.55. The van der Waals surface area contributed by atoms with Crippen molar-refractivity contribution < 1.29 is 23.9 Å². The largest absolute Gasteiger partial charge is 0.454 e. The molecule has 2 aliphatic heterocycles. The molecule has 4 rings (SSSR count). The number of amides is 3. The van der Waals surface area contributed by atoms with Crippen LogP contribution >= 0.6 is 0 Å². The van der Waals surface area contributed by atoms with Crippen LogP contribution in [0.4, 0.5) is 0 Å². The lowest BCUT2D eigenvalue weighted by Crippen LogP contribution is -2.62. The van der Waals surface area contributed by atoms with Gasteiger partial charge in [0.2, 0.25) is 12.7 Å². The number of benzene rings is 1. The van der Waals surface area contributed by atoms with Crippen LogP contribution in [0.2, 0.25) is 0 Å². The first-order chi connectivity index (χ1) is 15.7. The summed E-state index contributed by atoms with van der Waals surface area (Å²) in [6.07, 6.45) is 0.847. The maximum Gasteiger partial charge on any atom is 0.272 e. The Morgan fingerprint density at radius 3 is 2.70 bits per heavy atom. The van der Waals surface area contributed by atoms with Crippen LogP contribution in [0, 0.1) is 5.92 Å². The maximum absolute atomic E-state index is 13.0. The molecule has 1 aromatic heterocycles. The summed E-state index contributed by atoms with van der Waals surface area (Å²) in [7, 11) is 1.60. The normalized spacial score (nSPS) is 18.9. The summed E-state index contributed by atoms with van der Waals surface area (Å²) in [5, 5.41) is 10.1. The fourth-order valence-corrected chi connectivity index (χ4v) is 3.83. The molecule has 3 heterocycles. The van der Waals surface area contributed by atoms with E-state index < -0.39 is 11.4 Å². The average Bonchev–Trinajstić information content (AvgIpc) is 3.42. The van der Waals surface area contributed by atoms with Gasteiger partial charge in [-0.1, -0.05) is 19.9 Å². The Morgan fingerprint density at radius 2 is 1.94 bits per heavy atom. The Labute approximate surface area is 192 Å². The van der Waals surface area contributed by atoms with E-state index in [2.05, 4.69) is 29.6 Å². The summed E-state index contributed by atoms with van der Waals surface area (Å²) in [5.74, 6) is 0.761. The topological polar surface area (TPSA) is 115 Å². The van der Waals surface area contributed by atoms with Gasteiger partial charge in [0, 0.05) is 26.2 Å². The Hall–Kier alpha value is -3.56. The molecule has 2 aliphatic rings. The zero-order valence-corrected chi connectivity index (χ0v) is 19.3. The summed E-state index contributed by atoms with van der Waals surface area (Å²) in [6.45, 7) is 7.02. The molecule has 10 nitrogen and oxygen atoms in total. The molecule has 33 heavy (non-hydrogen) atoms. The summed E-state index contributed by atoms with van der Waals surface area (Å²) < 4.78 is 12.1. The smallest absolute Gasteiger partial charge is 0.272 e. The number of ether oxygens (including phenoxy) is 2. The lowest BCUT2D eigenvalue weighted by Gasteiger charge is -2.40. The molecule has 10 heteroatoms. The summed E-state index contributed by atoms with van der Waals surface area (Å²) in [6, 6.07) is 6.90. The molecular weight excluding hydrogens is 426 g/mol. The monoisotopic (exact) mass is 455 g/mol. The van der Waals surface area contributed by atoms with Crippen molar-refractivity contribution in [1.29, 1.82) is 0 Å². The van der Waals surface area contributed by atoms with E-state index in [-0.39, 0.29) is 43.1 Å². The van der Waals surface area contributed by atoms with Crippen molar-refractivity contribution in [3.05, 3.63) is 41.2 Å². The van der Waals surface area contributed by atoms with Crippen LogP contribution in [-0.2, 0) is 17.9 Å². The van der Waals surface area contributed by atoms with Crippen molar-refractivity contribution in [2.45, 2.75) is 45.8 Å². The van der Waals surface area contributed by atoms with Gasteiger partial charge in [-0.15, -0.1) is 0 Å². The second-order valence-corrected chi connectivity index (χ2v) is 9.02. The molecule has 1 atom stereocenters. The SMILES string of the molecule is CC(C)CCNC(=O)[C@]1(C)Cn2nc(C(=O)NCc3ccc4c(c3)OCO4)cc2C(=O)N1C. The van der Waals surface area contributed by atoms with Gasteiger partial charge in [0.25, 0.3) is 11.8 Å². The van der Waals surface area contributed by atoms with Crippen molar-refractivity contribution in [3.8, 4) is 11.5 Å². The van der Waals surface area contributed by atoms with Gasteiger partial charge < -0.3 is 25.0 Å². The zero-order valence-electron chi connectivity index (χ0n) is 19.3. The Morgan fingerprint density at radius 1 is 1.18 bits per heavy atom. The minimum atomic E-state index is -1.10. The van der Waals surface area contributed by atoms with E-state index in [1.165, 1.54) is 15.6 Å². The van der Waals surface area contributed by atoms with Gasteiger partial charge >= 0.3 is 0 Å². The van der Waals surface area contributed by atoms with E-state index >= 15 is 0 Å². The second kappa shape index (κ2) is 8.76. The van der Waals surface area contributed by atoms with Gasteiger partial charge in [-0.25, -0.2) is 0 Å². The number of hydrogen-bond donors (Lipinski definition) is 2. The maximum atomic E-state index is 13.0. The van der Waals surface area contributed by atoms with E-state index in [1.807, 2.05) is 12.1 Å². The number of carbonyl (C=O) groups excluding carboxylic acids is 3. The molecule has 0 bridgehead atoms. The van der Waals surface area contributed by atoms with Crippen molar-refractivity contribution >= 4 is 17.7 Å². The minimum Gasteiger partial charge on any atom is -0.454 e. The van der Waals surface area contributed by atoms with Gasteiger partial charge in [-0.05, 0) is 37.0 Å². The van der Waals surface area contributed by atoms with Crippen LogP contribution < -0.4 is 20.1 Å². The first kappa shape index (κ1) is 22.6. The Kier molecular flexibility index (Phi) is 6.01. The standard InChI is InChI=1S/C23H29N5O5/c1-14(2)7-8-24-22(31)23(3)12-28-17(21(30)27(23)4)10-16(26-28)20(29)25-11-15-5-6-18-19(9-15)33-13-32-18/h5-6,9-10,14H,7-8,11-13H2,1-4H3,(H,24,31)(H,25,29)/t23-/m0/s1. The van der Waals surface area contributed by atoms with Crippen LogP contribution in [-0.4, -0.2) is 58.3 Å². The molecule has 0 unspecified atom stereocenters. The molecule has 2 aromatic rings. The highest BCUT2D eigenvalue weighted by Crippen LogP contribution is 2.32. The van der Waals surface area contributed by atoms with Gasteiger partial charge in [-0.2, -0.15) is 5.10 Å². The molecule has 0 saturated carbocycles. The number of fused-ring (bicyclic) bond motifs is 2. The van der Waals surface area contributed by atoms with Crippen LogP contribution in [0.25, 0.3) is 0 Å². The number of nitrogens with zero attached hydrogens (tertiary/aromatic N) is 3. The highest BCUT2D eigenvalue weighted by Gasteiger charge is 2.46. The quantitative estimate of drug-likeness (QED) is 0.655. The summed E-state index contributed by atoms with van der Waals surface area (Å²) in [4.78, 5) is 40.0. The highest BCUT2D eigenvalue weighted by atomic mass is 16.7. The van der Waals surface area contributed by atoms with E-state index in [1.54, 1.807) is 20.0 Å². The summed E-state index contributed by atoms with van der Waals surface area (Å²) >= 11 is 0. The molecule has 0 spiro atoms. The van der Waals surface area contributed by atoms with Crippen molar-refractivity contribution in [2.24, 2.45) is 5.92 Å². The lowest BCUT2D eigenvalue weighted by atomic mass is 9.95.